The molecule has 1 aromatic carbocycles. The molecule has 20 heavy (non-hydrogen) atoms. The first kappa shape index (κ1) is 15.2. The maximum absolute atomic E-state index is 9.34. The van der Waals surface area contributed by atoms with Crippen LogP contribution in [0, 0.1) is 6.92 Å². The van der Waals surface area contributed by atoms with Crippen molar-refractivity contribution in [2.75, 3.05) is 0 Å². The second-order valence-corrected chi connectivity index (χ2v) is 6.06. The molecule has 0 saturated carbocycles. The number of aromatic nitrogens is 1. The Kier molecular flexibility index (Phi) is 5.29. The highest BCUT2D eigenvalue weighted by atomic mass is 32.1. The number of hydrogen-bond acceptors (Lipinski definition) is 4. The van der Waals surface area contributed by atoms with Gasteiger partial charge in [0.05, 0.1) is 17.3 Å². The number of rotatable bonds is 6. The SMILES string of the molecule is CCc1nc(C)c(C(C)NCc2ccccc2CO)s1. The molecule has 108 valence electrons. The number of nitrogens with zero attached hydrogens (tertiary/aromatic N) is 1. The number of aliphatic hydroxyl groups is 1. The fourth-order valence-corrected chi connectivity index (χ4v) is 3.29. The Morgan fingerprint density at radius 3 is 2.60 bits per heavy atom. The highest BCUT2D eigenvalue weighted by molar-refractivity contribution is 7.11. The van der Waals surface area contributed by atoms with Crippen LogP contribution >= 0.6 is 11.3 Å². The number of benzene rings is 1. The first-order valence-corrected chi connectivity index (χ1v) is 7.84. The molecule has 2 rings (SSSR count). The van der Waals surface area contributed by atoms with E-state index < -0.39 is 0 Å². The van der Waals surface area contributed by atoms with Crippen LogP contribution in [0.4, 0.5) is 0 Å². The summed E-state index contributed by atoms with van der Waals surface area (Å²) < 4.78 is 0. The zero-order chi connectivity index (χ0) is 14.5. The van der Waals surface area contributed by atoms with Crippen LogP contribution in [0.3, 0.4) is 0 Å². The summed E-state index contributed by atoms with van der Waals surface area (Å²) >= 11 is 1.79. The number of thiazole rings is 1. The Balaban J connectivity index is 2.04. The third-order valence-corrected chi connectivity index (χ3v) is 4.94. The van der Waals surface area contributed by atoms with Gasteiger partial charge >= 0.3 is 0 Å². The Labute approximate surface area is 124 Å². The van der Waals surface area contributed by atoms with Crippen LogP contribution in [-0.2, 0) is 19.6 Å². The molecule has 2 N–H and O–H groups in total. The molecule has 1 aromatic heterocycles. The van der Waals surface area contributed by atoms with E-state index in [0.717, 1.165) is 29.8 Å². The van der Waals surface area contributed by atoms with E-state index in [1.54, 1.807) is 11.3 Å². The van der Waals surface area contributed by atoms with Gasteiger partial charge in [-0.2, -0.15) is 0 Å². The van der Waals surface area contributed by atoms with Gasteiger partial charge in [-0.3, -0.25) is 0 Å². The fourth-order valence-electron chi connectivity index (χ4n) is 2.26. The van der Waals surface area contributed by atoms with Crippen molar-refractivity contribution in [3.63, 3.8) is 0 Å². The van der Waals surface area contributed by atoms with E-state index >= 15 is 0 Å². The van der Waals surface area contributed by atoms with E-state index in [-0.39, 0.29) is 12.6 Å². The highest BCUT2D eigenvalue weighted by Crippen LogP contribution is 2.25. The van der Waals surface area contributed by atoms with E-state index in [1.807, 2.05) is 18.2 Å². The second-order valence-electron chi connectivity index (χ2n) is 4.94. The van der Waals surface area contributed by atoms with Crippen molar-refractivity contribution in [3.05, 3.63) is 51.0 Å². The van der Waals surface area contributed by atoms with Gasteiger partial charge in [-0.15, -0.1) is 11.3 Å². The summed E-state index contributed by atoms with van der Waals surface area (Å²) in [5, 5.41) is 14.1. The summed E-state index contributed by atoms with van der Waals surface area (Å²) in [6.07, 6.45) is 0.992. The standard InChI is InChI=1S/C16H22N2OS/c1-4-15-18-12(3)16(20-15)11(2)17-9-13-7-5-6-8-14(13)10-19/h5-8,11,17,19H,4,9-10H2,1-3H3. The maximum Gasteiger partial charge on any atom is 0.0928 e. The molecule has 1 atom stereocenters. The van der Waals surface area contributed by atoms with E-state index in [2.05, 4.69) is 37.1 Å². The average Bonchev–Trinajstić information content (AvgIpc) is 2.86. The molecule has 0 fully saturated rings. The highest BCUT2D eigenvalue weighted by Gasteiger charge is 2.13. The van der Waals surface area contributed by atoms with Gasteiger partial charge in [0, 0.05) is 17.5 Å². The van der Waals surface area contributed by atoms with Crippen LogP contribution in [0.2, 0.25) is 0 Å². The molecule has 0 radical (unpaired) electrons. The first-order valence-electron chi connectivity index (χ1n) is 7.03. The summed E-state index contributed by atoms with van der Waals surface area (Å²) in [4.78, 5) is 5.89. The van der Waals surface area contributed by atoms with Crippen LogP contribution < -0.4 is 5.32 Å². The summed E-state index contributed by atoms with van der Waals surface area (Å²) in [6.45, 7) is 7.23. The first-order chi connectivity index (χ1) is 9.65. The summed E-state index contributed by atoms with van der Waals surface area (Å²) in [7, 11) is 0. The van der Waals surface area contributed by atoms with Crippen LogP contribution in [0.25, 0.3) is 0 Å². The third-order valence-electron chi connectivity index (χ3n) is 3.46. The Morgan fingerprint density at radius 1 is 1.30 bits per heavy atom. The molecule has 0 spiro atoms. The van der Waals surface area contributed by atoms with Crippen molar-refractivity contribution >= 4 is 11.3 Å². The van der Waals surface area contributed by atoms with Gasteiger partial charge in [0.2, 0.25) is 0 Å². The zero-order valence-corrected chi connectivity index (χ0v) is 13.1. The van der Waals surface area contributed by atoms with Crippen LogP contribution in [0.1, 0.15) is 46.6 Å². The lowest BCUT2D eigenvalue weighted by Gasteiger charge is -2.14. The second kappa shape index (κ2) is 6.97. The van der Waals surface area contributed by atoms with Crippen LogP contribution in [0.15, 0.2) is 24.3 Å². The van der Waals surface area contributed by atoms with Gasteiger partial charge in [-0.1, -0.05) is 31.2 Å². The third kappa shape index (κ3) is 3.45. The number of aryl methyl sites for hydroxylation is 2. The zero-order valence-electron chi connectivity index (χ0n) is 12.3. The molecular weight excluding hydrogens is 268 g/mol. The normalized spacial score (nSPS) is 12.6. The lowest BCUT2D eigenvalue weighted by molar-refractivity contribution is 0.280. The number of nitrogens with one attached hydrogen (secondary N) is 1. The number of aliphatic hydroxyl groups excluding tert-OH is 1. The van der Waals surface area contributed by atoms with Crippen molar-refractivity contribution in [1.29, 1.82) is 0 Å². The molecule has 2 aromatic rings. The molecule has 1 heterocycles. The minimum atomic E-state index is 0.0891. The Morgan fingerprint density at radius 2 is 2.00 bits per heavy atom. The van der Waals surface area contributed by atoms with E-state index in [0.29, 0.717) is 0 Å². The van der Waals surface area contributed by atoms with Crippen molar-refractivity contribution in [1.82, 2.24) is 10.3 Å². The van der Waals surface area contributed by atoms with Crippen LogP contribution in [-0.4, -0.2) is 10.1 Å². The molecule has 0 aliphatic rings. The van der Waals surface area contributed by atoms with Gasteiger partial charge in [0.1, 0.15) is 0 Å². The van der Waals surface area contributed by atoms with Gasteiger partial charge < -0.3 is 10.4 Å². The monoisotopic (exact) mass is 290 g/mol. The molecule has 0 saturated heterocycles. The fraction of sp³-hybridized carbons (Fsp3) is 0.438. The molecule has 3 nitrogen and oxygen atoms in total. The summed E-state index contributed by atoms with van der Waals surface area (Å²) in [6, 6.07) is 8.27. The van der Waals surface area contributed by atoms with Crippen LogP contribution in [0.5, 0.6) is 0 Å². The predicted molar refractivity (Wildman–Crippen MR) is 83.8 cm³/mol. The Bertz CT molecular complexity index is 565. The van der Waals surface area contributed by atoms with Crippen molar-refractivity contribution in [2.24, 2.45) is 0 Å². The molecule has 1 unspecified atom stereocenters. The Hall–Kier alpha value is -1.23. The predicted octanol–water partition coefficient (Wildman–Crippen LogP) is 3.36. The summed E-state index contributed by atoms with van der Waals surface area (Å²) in [5.74, 6) is 0. The lowest BCUT2D eigenvalue weighted by Crippen LogP contribution is -2.18. The summed E-state index contributed by atoms with van der Waals surface area (Å²) in [5.41, 5.74) is 3.27. The largest absolute Gasteiger partial charge is 0.392 e. The maximum atomic E-state index is 9.34. The lowest BCUT2D eigenvalue weighted by atomic mass is 10.1. The molecule has 0 amide bonds. The van der Waals surface area contributed by atoms with Gasteiger partial charge in [-0.25, -0.2) is 4.98 Å². The topological polar surface area (TPSA) is 45.2 Å². The van der Waals surface area contributed by atoms with Gasteiger partial charge in [0.25, 0.3) is 0 Å². The van der Waals surface area contributed by atoms with Crippen molar-refractivity contribution in [3.8, 4) is 0 Å². The van der Waals surface area contributed by atoms with E-state index in [1.165, 1.54) is 9.88 Å². The average molecular weight is 290 g/mol. The minimum Gasteiger partial charge on any atom is -0.392 e. The quantitative estimate of drug-likeness (QED) is 0.857. The molecule has 4 heteroatoms. The number of hydrogen-bond donors (Lipinski definition) is 2. The molecular formula is C16H22N2OS. The minimum absolute atomic E-state index is 0.0891. The van der Waals surface area contributed by atoms with Crippen molar-refractivity contribution < 1.29 is 5.11 Å². The van der Waals surface area contributed by atoms with E-state index in [9.17, 15) is 5.11 Å². The van der Waals surface area contributed by atoms with E-state index in [4.69, 9.17) is 0 Å². The van der Waals surface area contributed by atoms with Gasteiger partial charge in [0.15, 0.2) is 0 Å². The molecule has 0 aliphatic carbocycles. The van der Waals surface area contributed by atoms with Crippen molar-refractivity contribution in [2.45, 2.75) is 46.4 Å². The van der Waals surface area contributed by atoms with Gasteiger partial charge in [-0.05, 0) is 31.4 Å². The molecule has 0 bridgehead atoms. The smallest absolute Gasteiger partial charge is 0.0928 e. The molecule has 0 aliphatic heterocycles.